The number of rotatable bonds is 2. The summed E-state index contributed by atoms with van der Waals surface area (Å²) in [5.74, 6) is -0.147. The van der Waals surface area contributed by atoms with E-state index in [0.717, 1.165) is 18.8 Å². The summed E-state index contributed by atoms with van der Waals surface area (Å²) >= 11 is 0. The number of nitrogens with zero attached hydrogens (tertiary/aromatic N) is 1. The third-order valence-corrected chi connectivity index (χ3v) is 2.77. The molecule has 86 valence electrons. The van der Waals surface area contributed by atoms with Crippen molar-refractivity contribution in [3.8, 4) is 0 Å². The highest BCUT2D eigenvalue weighted by atomic mass is 16.2. The fourth-order valence-corrected chi connectivity index (χ4v) is 1.90. The van der Waals surface area contributed by atoms with Crippen LogP contribution in [0.2, 0.25) is 0 Å². The quantitative estimate of drug-likeness (QED) is 0.777. The number of nitrogens with two attached hydrogens (primary N) is 1. The van der Waals surface area contributed by atoms with Crippen LogP contribution < -0.4 is 11.1 Å². The highest BCUT2D eigenvalue weighted by molar-refractivity contribution is 5.94. The van der Waals surface area contributed by atoms with Crippen LogP contribution in [0.4, 0.5) is 5.69 Å². The zero-order valence-corrected chi connectivity index (χ0v) is 9.66. The topological polar surface area (TPSA) is 58.4 Å². The second-order valence-electron chi connectivity index (χ2n) is 4.43. The molecule has 1 aromatic carbocycles. The van der Waals surface area contributed by atoms with E-state index in [0.29, 0.717) is 0 Å². The maximum atomic E-state index is 11.4. The van der Waals surface area contributed by atoms with Crippen LogP contribution in [-0.4, -0.2) is 23.9 Å². The summed E-state index contributed by atoms with van der Waals surface area (Å²) in [5.41, 5.74) is 8.95. The van der Waals surface area contributed by atoms with E-state index in [4.69, 9.17) is 5.73 Å². The molecule has 0 fully saturated rings. The lowest BCUT2D eigenvalue weighted by Gasteiger charge is -2.08. The van der Waals surface area contributed by atoms with E-state index in [1.165, 1.54) is 11.1 Å². The molecule has 1 unspecified atom stereocenters. The average Bonchev–Trinajstić information content (AvgIpc) is 2.57. The minimum absolute atomic E-state index is 0.147. The first kappa shape index (κ1) is 11.1. The van der Waals surface area contributed by atoms with Crippen molar-refractivity contribution in [2.75, 3.05) is 12.4 Å². The fourth-order valence-electron chi connectivity index (χ4n) is 1.90. The third kappa shape index (κ3) is 2.23. The van der Waals surface area contributed by atoms with E-state index in [1.54, 1.807) is 6.92 Å². The Morgan fingerprint density at radius 2 is 2.12 bits per heavy atom. The Labute approximate surface area is 95.4 Å². The van der Waals surface area contributed by atoms with Crippen molar-refractivity contribution in [3.05, 3.63) is 29.3 Å². The number of carbonyl (C=O) groups excluding carboxylic acids is 1. The van der Waals surface area contributed by atoms with Crippen LogP contribution in [0, 0.1) is 0 Å². The average molecular weight is 219 g/mol. The molecule has 4 heteroatoms. The van der Waals surface area contributed by atoms with Crippen LogP contribution in [0.3, 0.4) is 0 Å². The summed E-state index contributed by atoms with van der Waals surface area (Å²) in [4.78, 5) is 13.7. The maximum Gasteiger partial charge on any atom is 0.240 e. The lowest BCUT2D eigenvalue weighted by Crippen LogP contribution is -2.32. The van der Waals surface area contributed by atoms with Crippen LogP contribution in [-0.2, 0) is 17.9 Å². The van der Waals surface area contributed by atoms with E-state index in [-0.39, 0.29) is 5.91 Å². The van der Waals surface area contributed by atoms with Crippen molar-refractivity contribution >= 4 is 11.6 Å². The first-order chi connectivity index (χ1) is 7.56. The second kappa shape index (κ2) is 4.23. The molecule has 1 aromatic rings. The SMILES string of the molecule is CC(N)C(=O)Nc1ccc2c(c1)CN(C)C2. The molecule has 1 atom stereocenters. The summed E-state index contributed by atoms with van der Waals surface area (Å²) in [6.07, 6.45) is 0. The molecule has 0 saturated carbocycles. The molecule has 0 aliphatic carbocycles. The standard InChI is InChI=1S/C12H17N3O/c1-8(13)12(16)14-11-4-3-9-6-15(2)7-10(9)5-11/h3-5,8H,6-7,13H2,1-2H3,(H,14,16). The lowest BCUT2D eigenvalue weighted by molar-refractivity contribution is -0.117. The van der Waals surface area contributed by atoms with Gasteiger partial charge in [-0.2, -0.15) is 0 Å². The van der Waals surface area contributed by atoms with Gasteiger partial charge in [-0.25, -0.2) is 0 Å². The van der Waals surface area contributed by atoms with Gasteiger partial charge in [0.15, 0.2) is 0 Å². The molecule has 1 aliphatic rings. The fraction of sp³-hybridized carbons (Fsp3) is 0.417. The summed E-state index contributed by atoms with van der Waals surface area (Å²) in [6, 6.07) is 5.54. The highest BCUT2D eigenvalue weighted by Crippen LogP contribution is 2.24. The zero-order chi connectivity index (χ0) is 11.7. The Hall–Kier alpha value is -1.39. The van der Waals surface area contributed by atoms with Gasteiger partial charge >= 0.3 is 0 Å². The largest absolute Gasteiger partial charge is 0.325 e. The summed E-state index contributed by atoms with van der Waals surface area (Å²) in [5, 5.41) is 2.80. The van der Waals surface area contributed by atoms with Gasteiger partial charge in [-0.05, 0) is 37.2 Å². The van der Waals surface area contributed by atoms with Gasteiger partial charge in [0.25, 0.3) is 0 Å². The molecule has 1 heterocycles. The molecule has 1 amide bonds. The van der Waals surface area contributed by atoms with Crippen LogP contribution in [0.1, 0.15) is 18.1 Å². The molecule has 0 saturated heterocycles. The Kier molecular flexibility index (Phi) is 2.94. The number of carbonyl (C=O) groups is 1. The van der Waals surface area contributed by atoms with E-state index < -0.39 is 6.04 Å². The van der Waals surface area contributed by atoms with E-state index >= 15 is 0 Å². The molecular formula is C12H17N3O. The molecule has 4 nitrogen and oxygen atoms in total. The molecule has 1 aliphatic heterocycles. The van der Waals surface area contributed by atoms with Crippen LogP contribution in [0.15, 0.2) is 18.2 Å². The Morgan fingerprint density at radius 3 is 2.81 bits per heavy atom. The monoisotopic (exact) mass is 219 g/mol. The number of nitrogens with one attached hydrogen (secondary N) is 1. The Balaban J connectivity index is 2.14. The first-order valence-corrected chi connectivity index (χ1v) is 5.43. The molecular weight excluding hydrogens is 202 g/mol. The number of amides is 1. The predicted octanol–water partition coefficient (Wildman–Crippen LogP) is 0.918. The van der Waals surface area contributed by atoms with Gasteiger partial charge in [-0.15, -0.1) is 0 Å². The molecule has 0 bridgehead atoms. The van der Waals surface area contributed by atoms with Gasteiger partial charge in [0.1, 0.15) is 0 Å². The van der Waals surface area contributed by atoms with Gasteiger partial charge in [0.2, 0.25) is 5.91 Å². The normalized spacial score (nSPS) is 16.9. The second-order valence-corrected chi connectivity index (χ2v) is 4.43. The number of hydrogen-bond donors (Lipinski definition) is 2. The van der Waals surface area contributed by atoms with Gasteiger partial charge in [-0.3, -0.25) is 9.69 Å². The summed E-state index contributed by atoms with van der Waals surface area (Å²) in [7, 11) is 2.08. The van der Waals surface area contributed by atoms with Crippen LogP contribution in [0.5, 0.6) is 0 Å². The minimum Gasteiger partial charge on any atom is -0.325 e. The summed E-state index contributed by atoms with van der Waals surface area (Å²) < 4.78 is 0. The highest BCUT2D eigenvalue weighted by Gasteiger charge is 2.16. The van der Waals surface area contributed by atoms with Crippen molar-refractivity contribution in [1.82, 2.24) is 4.90 Å². The van der Waals surface area contributed by atoms with Crippen LogP contribution in [0.25, 0.3) is 0 Å². The zero-order valence-electron chi connectivity index (χ0n) is 9.66. The summed E-state index contributed by atoms with van der Waals surface area (Å²) in [6.45, 7) is 3.60. The number of hydrogen-bond acceptors (Lipinski definition) is 3. The Bertz CT molecular complexity index is 415. The van der Waals surface area contributed by atoms with Crippen molar-refractivity contribution in [1.29, 1.82) is 0 Å². The maximum absolute atomic E-state index is 11.4. The molecule has 2 rings (SSSR count). The smallest absolute Gasteiger partial charge is 0.240 e. The van der Waals surface area contributed by atoms with Crippen molar-refractivity contribution in [2.45, 2.75) is 26.1 Å². The van der Waals surface area contributed by atoms with E-state index in [2.05, 4.69) is 23.3 Å². The van der Waals surface area contributed by atoms with Gasteiger partial charge < -0.3 is 11.1 Å². The van der Waals surface area contributed by atoms with Crippen molar-refractivity contribution in [3.63, 3.8) is 0 Å². The first-order valence-electron chi connectivity index (χ1n) is 5.43. The molecule has 3 N–H and O–H groups in total. The molecule has 0 radical (unpaired) electrons. The van der Waals surface area contributed by atoms with Crippen molar-refractivity contribution < 1.29 is 4.79 Å². The number of anilines is 1. The van der Waals surface area contributed by atoms with E-state index in [9.17, 15) is 4.79 Å². The molecule has 16 heavy (non-hydrogen) atoms. The minimum atomic E-state index is -0.476. The third-order valence-electron chi connectivity index (χ3n) is 2.77. The van der Waals surface area contributed by atoms with Gasteiger partial charge in [0, 0.05) is 18.8 Å². The Morgan fingerprint density at radius 1 is 1.44 bits per heavy atom. The van der Waals surface area contributed by atoms with Crippen LogP contribution >= 0.6 is 0 Å². The van der Waals surface area contributed by atoms with E-state index in [1.807, 2.05) is 12.1 Å². The number of benzene rings is 1. The number of fused-ring (bicyclic) bond motifs is 1. The van der Waals surface area contributed by atoms with Gasteiger partial charge in [-0.1, -0.05) is 6.07 Å². The van der Waals surface area contributed by atoms with Crippen molar-refractivity contribution in [2.24, 2.45) is 5.73 Å². The lowest BCUT2D eigenvalue weighted by atomic mass is 10.1. The molecule has 0 spiro atoms. The molecule has 0 aromatic heterocycles. The van der Waals surface area contributed by atoms with Gasteiger partial charge in [0.05, 0.1) is 6.04 Å². The predicted molar refractivity (Wildman–Crippen MR) is 63.9 cm³/mol.